The van der Waals surface area contributed by atoms with Crippen LogP contribution in [0.5, 0.6) is 0 Å². The zero-order valence-corrected chi connectivity index (χ0v) is 11.4. The molecule has 1 N–H and O–H groups in total. The van der Waals surface area contributed by atoms with Gasteiger partial charge in [0.1, 0.15) is 12.7 Å². The highest BCUT2D eigenvalue weighted by atomic mass is 32.2. The fraction of sp³-hybridized carbons (Fsp3) is 0.500. The van der Waals surface area contributed by atoms with Crippen molar-refractivity contribution in [2.75, 3.05) is 26.1 Å². The van der Waals surface area contributed by atoms with Crippen LogP contribution in [0, 0.1) is 0 Å². The van der Waals surface area contributed by atoms with Gasteiger partial charge in [-0.2, -0.15) is 0 Å². The Balaban J connectivity index is 2.13. The van der Waals surface area contributed by atoms with Crippen molar-refractivity contribution in [3.63, 3.8) is 0 Å². The molecule has 0 saturated carbocycles. The average molecular weight is 268 g/mol. The number of nitrogens with one attached hydrogen (secondary N) is 1. The van der Waals surface area contributed by atoms with E-state index in [1.807, 2.05) is 32.1 Å². The van der Waals surface area contributed by atoms with Crippen LogP contribution < -0.4 is 5.43 Å². The van der Waals surface area contributed by atoms with Crippen LogP contribution in [0.25, 0.3) is 0 Å². The summed E-state index contributed by atoms with van der Waals surface area (Å²) in [4.78, 5) is 16.5. The van der Waals surface area contributed by atoms with Crippen LogP contribution in [0.4, 0.5) is 0 Å². The second kappa shape index (κ2) is 5.30. The van der Waals surface area contributed by atoms with Crippen molar-refractivity contribution in [3.8, 4) is 0 Å². The quantitative estimate of drug-likeness (QED) is 0.782. The fourth-order valence-electron chi connectivity index (χ4n) is 1.60. The summed E-state index contributed by atoms with van der Waals surface area (Å²) in [5.41, 5.74) is 3.02. The molecule has 1 fully saturated rings. The van der Waals surface area contributed by atoms with Gasteiger partial charge in [-0.3, -0.25) is 10.2 Å². The molecule has 1 atom stereocenters. The van der Waals surface area contributed by atoms with E-state index >= 15 is 0 Å². The van der Waals surface area contributed by atoms with Crippen molar-refractivity contribution in [3.05, 3.63) is 23.8 Å². The first-order valence-electron chi connectivity index (χ1n) is 5.59. The molecule has 2 rings (SSSR count). The first-order valence-corrected chi connectivity index (χ1v) is 6.47. The molecule has 98 valence electrons. The number of carbonyl (C=O) groups is 1. The Morgan fingerprint density at radius 3 is 2.72 bits per heavy atom. The second-order valence-electron chi connectivity index (χ2n) is 4.02. The maximum atomic E-state index is 12.1. The lowest BCUT2D eigenvalue weighted by molar-refractivity contribution is -0.125. The molecule has 0 aliphatic carbocycles. The van der Waals surface area contributed by atoms with Crippen LogP contribution in [-0.2, 0) is 4.79 Å². The molecule has 0 bridgehead atoms. The zero-order valence-electron chi connectivity index (χ0n) is 10.6. The third kappa shape index (κ3) is 2.58. The Labute approximate surface area is 110 Å². The lowest BCUT2D eigenvalue weighted by atomic mass is 10.4. The summed E-state index contributed by atoms with van der Waals surface area (Å²) in [5.74, 6) is 0.0433. The summed E-state index contributed by atoms with van der Waals surface area (Å²) >= 11 is 1.49. The molecule has 1 amide bonds. The van der Waals surface area contributed by atoms with Gasteiger partial charge in [-0.25, -0.2) is 4.68 Å². The minimum Gasteiger partial charge on any atom is -0.382 e. The van der Waals surface area contributed by atoms with Gasteiger partial charge in [0.2, 0.25) is 0 Å². The maximum Gasteiger partial charge on any atom is 0.264 e. The number of nitrogens with zero attached hydrogens (tertiary/aromatic N) is 5. The summed E-state index contributed by atoms with van der Waals surface area (Å²) in [7, 11) is 3.80. The van der Waals surface area contributed by atoms with Crippen molar-refractivity contribution < 1.29 is 4.79 Å². The normalized spacial score (nSPS) is 21.7. The molecule has 7 nitrogen and oxygen atoms in total. The van der Waals surface area contributed by atoms with Gasteiger partial charge in [-0.15, -0.1) is 10.2 Å². The topological polar surface area (TPSA) is 66.3 Å². The van der Waals surface area contributed by atoms with Crippen molar-refractivity contribution in [1.29, 1.82) is 0 Å². The molecule has 0 radical (unpaired) electrons. The van der Waals surface area contributed by atoms with E-state index in [9.17, 15) is 4.79 Å². The summed E-state index contributed by atoms with van der Waals surface area (Å²) in [6, 6.07) is 0. The molecule has 0 spiro atoms. The van der Waals surface area contributed by atoms with Crippen LogP contribution >= 0.6 is 11.8 Å². The third-order valence-electron chi connectivity index (χ3n) is 2.39. The van der Waals surface area contributed by atoms with Crippen molar-refractivity contribution in [2.24, 2.45) is 0 Å². The van der Waals surface area contributed by atoms with Crippen molar-refractivity contribution in [2.45, 2.75) is 12.4 Å². The average Bonchev–Trinajstić information content (AvgIpc) is 2.89. The Kier molecular flexibility index (Phi) is 3.75. The van der Waals surface area contributed by atoms with E-state index < -0.39 is 0 Å². The van der Waals surface area contributed by atoms with Crippen LogP contribution in [0.15, 0.2) is 23.8 Å². The summed E-state index contributed by atoms with van der Waals surface area (Å²) in [5, 5.41) is 7.43. The number of thioether (sulfide) groups is 1. The molecule has 1 aromatic rings. The van der Waals surface area contributed by atoms with Gasteiger partial charge in [0.15, 0.2) is 5.50 Å². The number of likely N-dealkylation sites (N-methyl/N-ethyl adjacent to an activating group) is 1. The lowest BCUT2D eigenvalue weighted by Gasteiger charge is -2.22. The molecular formula is C10H16N6OS. The van der Waals surface area contributed by atoms with E-state index in [2.05, 4.69) is 15.6 Å². The van der Waals surface area contributed by atoms with E-state index in [0.29, 0.717) is 6.54 Å². The molecule has 0 unspecified atom stereocenters. The Morgan fingerprint density at radius 1 is 1.50 bits per heavy atom. The Bertz CT molecular complexity index is 443. The second-order valence-corrected chi connectivity index (χ2v) is 5.14. The molecule has 1 saturated heterocycles. The van der Waals surface area contributed by atoms with Gasteiger partial charge in [0.05, 0.1) is 4.91 Å². The molecular weight excluding hydrogens is 252 g/mol. The van der Waals surface area contributed by atoms with E-state index in [-0.39, 0.29) is 11.4 Å². The molecule has 8 heteroatoms. The van der Waals surface area contributed by atoms with Crippen LogP contribution in [-0.4, -0.2) is 56.7 Å². The molecule has 1 aliphatic heterocycles. The highest BCUT2D eigenvalue weighted by Crippen LogP contribution is 2.33. The van der Waals surface area contributed by atoms with E-state index in [0.717, 1.165) is 4.91 Å². The lowest BCUT2D eigenvalue weighted by Crippen LogP contribution is -2.40. The smallest absolute Gasteiger partial charge is 0.264 e. The molecule has 18 heavy (non-hydrogen) atoms. The third-order valence-corrected chi connectivity index (χ3v) is 3.50. The standard InChI is InChI=1S/C10H16N6OS/c1-4-16-9(17)8(5-14(2)3)18-10(16)13-15-6-11-12-7-15/h5-7,10,13H,4H2,1-3H3/t10-/m0/s1. The van der Waals surface area contributed by atoms with Crippen LogP contribution in [0.2, 0.25) is 0 Å². The largest absolute Gasteiger partial charge is 0.382 e. The van der Waals surface area contributed by atoms with Gasteiger partial charge in [-0.1, -0.05) is 11.8 Å². The van der Waals surface area contributed by atoms with Gasteiger partial charge in [-0.05, 0) is 6.92 Å². The summed E-state index contributed by atoms with van der Waals surface area (Å²) in [6.45, 7) is 2.61. The van der Waals surface area contributed by atoms with Crippen molar-refractivity contribution in [1.82, 2.24) is 24.7 Å². The molecule has 2 heterocycles. The first kappa shape index (κ1) is 12.7. The molecule has 0 aromatic carbocycles. The number of amides is 1. The first-order chi connectivity index (χ1) is 8.61. The van der Waals surface area contributed by atoms with Gasteiger partial charge in [0, 0.05) is 26.8 Å². The van der Waals surface area contributed by atoms with E-state index in [4.69, 9.17) is 0 Å². The number of hydrogen-bond acceptors (Lipinski definition) is 6. The van der Waals surface area contributed by atoms with Crippen LogP contribution in [0.1, 0.15) is 6.92 Å². The fourth-order valence-corrected chi connectivity index (χ4v) is 2.88. The summed E-state index contributed by atoms with van der Waals surface area (Å²) in [6.07, 6.45) is 4.96. The predicted molar refractivity (Wildman–Crippen MR) is 69.9 cm³/mol. The highest BCUT2D eigenvalue weighted by Gasteiger charge is 2.35. The predicted octanol–water partition coefficient (Wildman–Crippen LogP) is 0.103. The molecule has 1 aliphatic rings. The van der Waals surface area contributed by atoms with Crippen LogP contribution in [0.3, 0.4) is 0 Å². The summed E-state index contributed by atoms with van der Waals surface area (Å²) < 4.78 is 1.65. The van der Waals surface area contributed by atoms with Crippen molar-refractivity contribution >= 4 is 17.7 Å². The van der Waals surface area contributed by atoms with Gasteiger partial charge >= 0.3 is 0 Å². The minimum atomic E-state index is -0.135. The SMILES string of the molecule is CCN1C(=O)C(=CN(C)C)S[C@H]1Nn1cnnc1. The number of aromatic nitrogens is 3. The Hall–Kier alpha value is -1.70. The van der Waals surface area contributed by atoms with Gasteiger partial charge < -0.3 is 9.80 Å². The van der Waals surface area contributed by atoms with E-state index in [1.54, 1.807) is 22.2 Å². The molecule has 1 aromatic heterocycles. The number of hydrogen-bond donors (Lipinski definition) is 1. The zero-order chi connectivity index (χ0) is 13.1. The minimum absolute atomic E-state index is 0.0433. The number of rotatable bonds is 4. The number of carbonyl (C=O) groups excluding carboxylic acids is 1. The van der Waals surface area contributed by atoms with Gasteiger partial charge in [0.25, 0.3) is 5.91 Å². The highest BCUT2D eigenvalue weighted by molar-refractivity contribution is 8.05. The monoisotopic (exact) mass is 268 g/mol. The van der Waals surface area contributed by atoms with E-state index in [1.165, 1.54) is 11.8 Å². The Morgan fingerprint density at radius 2 is 2.17 bits per heavy atom. The maximum absolute atomic E-state index is 12.1.